The van der Waals surface area contributed by atoms with Crippen molar-refractivity contribution in [1.29, 1.82) is 5.26 Å². The van der Waals surface area contributed by atoms with E-state index in [4.69, 9.17) is 21.6 Å². The number of halogens is 3. The van der Waals surface area contributed by atoms with Crippen LogP contribution in [0.15, 0.2) is 54.6 Å². The van der Waals surface area contributed by atoms with E-state index in [0.29, 0.717) is 45.3 Å². The lowest BCUT2D eigenvalue weighted by Gasteiger charge is -2.13. The van der Waals surface area contributed by atoms with Gasteiger partial charge in [0.15, 0.2) is 11.6 Å². The number of ether oxygens (including phenoxy) is 1. The second kappa shape index (κ2) is 7.53. The zero-order chi connectivity index (χ0) is 20.5. The average Bonchev–Trinajstić information content (AvgIpc) is 3.05. The van der Waals surface area contributed by atoms with Gasteiger partial charge in [-0.15, -0.1) is 0 Å². The quantitative estimate of drug-likeness (QED) is 0.443. The monoisotopic (exact) mass is 409 g/mol. The average molecular weight is 410 g/mol. The van der Waals surface area contributed by atoms with Crippen molar-refractivity contribution in [3.63, 3.8) is 0 Å². The molecule has 4 nitrogen and oxygen atoms in total. The van der Waals surface area contributed by atoms with Crippen LogP contribution in [-0.4, -0.2) is 16.7 Å². The van der Waals surface area contributed by atoms with Gasteiger partial charge in [0.25, 0.3) is 0 Å². The van der Waals surface area contributed by atoms with Crippen LogP contribution in [0.4, 0.5) is 8.78 Å². The molecule has 0 spiro atoms. The number of hydrogen-bond acceptors (Lipinski definition) is 3. The van der Waals surface area contributed by atoms with Crippen molar-refractivity contribution >= 4 is 22.6 Å². The fraction of sp³-hybridized carbons (Fsp3) is 0.0909. The van der Waals surface area contributed by atoms with Gasteiger partial charge in [-0.25, -0.2) is 13.8 Å². The van der Waals surface area contributed by atoms with Crippen molar-refractivity contribution in [2.75, 3.05) is 7.11 Å². The van der Waals surface area contributed by atoms with Gasteiger partial charge in [-0.3, -0.25) is 0 Å². The Morgan fingerprint density at radius 1 is 1.07 bits per heavy atom. The van der Waals surface area contributed by atoms with Gasteiger partial charge in [-0.05, 0) is 35.9 Å². The first-order chi connectivity index (χ1) is 14.0. The number of methoxy groups -OCH3 is 1. The van der Waals surface area contributed by atoms with Gasteiger partial charge in [-0.2, -0.15) is 5.26 Å². The predicted octanol–water partition coefficient (Wildman–Crippen LogP) is 5.56. The molecule has 144 valence electrons. The van der Waals surface area contributed by atoms with Crippen LogP contribution in [0.25, 0.3) is 22.4 Å². The van der Waals surface area contributed by atoms with Crippen molar-refractivity contribution in [3.05, 3.63) is 82.4 Å². The largest absolute Gasteiger partial charge is 0.496 e. The molecule has 3 aromatic carbocycles. The second-order valence-electron chi connectivity index (χ2n) is 6.43. The second-order valence-corrected chi connectivity index (χ2v) is 6.87. The summed E-state index contributed by atoms with van der Waals surface area (Å²) in [6.07, 6.45) is 0. The van der Waals surface area contributed by atoms with Crippen LogP contribution in [0.1, 0.15) is 11.1 Å². The number of aromatic nitrogens is 2. The fourth-order valence-corrected chi connectivity index (χ4v) is 3.36. The highest BCUT2D eigenvalue weighted by Crippen LogP contribution is 2.35. The van der Waals surface area contributed by atoms with E-state index in [9.17, 15) is 8.78 Å². The number of nitriles is 1. The van der Waals surface area contributed by atoms with Gasteiger partial charge in [0.1, 0.15) is 11.6 Å². The summed E-state index contributed by atoms with van der Waals surface area (Å²) in [6, 6.07) is 16.4. The molecule has 1 heterocycles. The number of rotatable bonds is 4. The SMILES string of the molecule is COc1cc(Cl)ccc1-c1nc2cc(F)c(F)cc2n1Cc1ccc(C#N)cc1. The van der Waals surface area contributed by atoms with E-state index in [1.807, 2.05) is 12.1 Å². The maximum Gasteiger partial charge on any atom is 0.161 e. The van der Waals surface area contributed by atoms with Gasteiger partial charge in [-0.1, -0.05) is 23.7 Å². The third-order valence-corrected chi connectivity index (χ3v) is 4.85. The molecule has 0 aliphatic heterocycles. The molecular formula is C22H14ClF2N3O. The Labute approximate surface area is 170 Å². The van der Waals surface area contributed by atoms with Crippen LogP contribution in [0.5, 0.6) is 5.75 Å². The highest BCUT2D eigenvalue weighted by molar-refractivity contribution is 6.30. The lowest BCUT2D eigenvalue weighted by Crippen LogP contribution is -2.03. The Hall–Kier alpha value is -3.43. The highest BCUT2D eigenvalue weighted by Gasteiger charge is 2.19. The van der Waals surface area contributed by atoms with Crippen LogP contribution >= 0.6 is 11.6 Å². The predicted molar refractivity (Wildman–Crippen MR) is 107 cm³/mol. The van der Waals surface area contributed by atoms with Gasteiger partial charge in [0.05, 0.1) is 35.3 Å². The van der Waals surface area contributed by atoms with Crippen LogP contribution in [0.3, 0.4) is 0 Å². The van der Waals surface area contributed by atoms with Crippen molar-refractivity contribution < 1.29 is 13.5 Å². The Morgan fingerprint density at radius 2 is 1.79 bits per heavy atom. The lowest BCUT2D eigenvalue weighted by atomic mass is 10.1. The fourth-order valence-electron chi connectivity index (χ4n) is 3.20. The number of fused-ring (bicyclic) bond motifs is 1. The summed E-state index contributed by atoms with van der Waals surface area (Å²) in [6.45, 7) is 0.342. The maximum atomic E-state index is 14.0. The summed E-state index contributed by atoms with van der Waals surface area (Å²) in [4.78, 5) is 4.53. The molecule has 0 saturated heterocycles. The first-order valence-corrected chi connectivity index (χ1v) is 9.06. The summed E-state index contributed by atoms with van der Waals surface area (Å²) in [5.41, 5.74) is 2.83. The van der Waals surface area contributed by atoms with Crippen molar-refractivity contribution in [2.24, 2.45) is 0 Å². The summed E-state index contributed by atoms with van der Waals surface area (Å²) >= 11 is 6.07. The molecule has 0 saturated carbocycles. The van der Waals surface area contributed by atoms with Crippen LogP contribution in [0.2, 0.25) is 5.02 Å². The molecule has 0 fully saturated rings. The topological polar surface area (TPSA) is 50.8 Å². The zero-order valence-corrected chi connectivity index (χ0v) is 16.0. The molecular weight excluding hydrogens is 396 g/mol. The van der Waals surface area contributed by atoms with Crippen molar-refractivity contribution in [3.8, 4) is 23.2 Å². The van der Waals surface area contributed by atoms with E-state index in [0.717, 1.165) is 17.7 Å². The van der Waals surface area contributed by atoms with Gasteiger partial charge in [0, 0.05) is 23.7 Å². The number of hydrogen-bond donors (Lipinski definition) is 0. The molecule has 7 heteroatoms. The van der Waals surface area contributed by atoms with Crippen LogP contribution in [-0.2, 0) is 6.54 Å². The number of benzene rings is 3. The molecule has 4 rings (SSSR count). The Kier molecular flexibility index (Phi) is 4.91. The summed E-state index contributed by atoms with van der Waals surface area (Å²) in [7, 11) is 1.52. The molecule has 0 bridgehead atoms. The summed E-state index contributed by atoms with van der Waals surface area (Å²) in [5, 5.41) is 9.49. The van der Waals surface area contributed by atoms with Crippen molar-refractivity contribution in [1.82, 2.24) is 9.55 Å². The Morgan fingerprint density at radius 3 is 2.48 bits per heavy atom. The standard InChI is InChI=1S/C22H14ClF2N3O/c1-29-21-8-15(23)6-7-16(21)22-27-19-9-17(24)18(25)10-20(19)28(22)12-14-4-2-13(11-26)3-5-14/h2-10H,12H2,1H3. The molecule has 0 aliphatic carbocycles. The molecule has 0 radical (unpaired) electrons. The Balaban J connectivity index is 1.93. The summed E-state index contributed by atoms with van der Waals surface area (Å²) in [5.74, 6) is -0.930. The molecule has 29 heavy (non-hydrogen) atoms. The minimum atomic E-state index is -0.963. The highest BCUT2D eigenvalue weighted by atomic mass is 35.5. The van der Waals surface area contributed by atoms with E-state index in [2.05, 4.69) is 11.1 Å². The molecule has 4 aromatic rings. The van der Waals surface area contributed by atoms with E-state index in [1.54, 1.807) is 34.9 Å². The molecule has 0 atom stereocenters. The zero-order valence-electron chi connectivity index (χ0n) is 15.3. The molecule has 1 aromatic heterocycles. The minimum Gasteiger partial charge on any atom is -0.496 e. The van der Waals surface area contributed by atoms with E-state index < -0.39 is 11.6 Å². The van der Waals surface area contributed by atoms with Gasteiger partial charge in [0.2, 0.25) is 0 Å². The minimum absolute atomic E-state index is 0.324. The van der Waals surface area contributed by atoms with Crippen molar-refractivity contribution in [2.45, 2.75) is 6.54 Å². The number of imidazole rings is 1. The summed E-state index contributed by atoms with van der Waals surface area (Å²) < 4.78 is 35.0. The van der Waals surface area contributed by atoms with E-state index in [-0.39, 0.29) is 0 Å². The third kappa shape index (κ3) is 3.53. The first kappa shape index (κ1) is 18.9. The maximum absolute atomic E-state index is 14.0. The molecule has 0 amide bonds. The lowest BCUT2D eigenvalue weighted by molar-refractivity contribution is 0.416. The van der Waals surface area contributed by atoms with E-state index in [1.165, 1.54) is 7.11 Å². The van der Waals surface area contributed by atoms with Gasteiger partial charge >= 0.3 is 0 Å². The molecule has 0 N–H and O–H groups in total. The van der Waals surface area contributed by atoms with Crippen LogP contribution in [0, 0.1) is 23.0 Å². The van der Waals surface area contributed by atoms with Gasteiger partial charge < -0.3 is 9.30 Å². The number of nitrogens with zero attached hydrogens (tertiary/aromatic N) is 3. The third-order valence-electron chi connectivity index (χ3n) is 4.62. The Bertz CT molecular complexity index is 1260. The molecule has 0 aliphatic rings. The van der Waals surface area contributed by atoms with E-state index >= 15 is 0 Å². The smallest absolute Gasteiger partial charge is 0.161 e. The first-order valence-electron chi connectivity index (χ1n) is 8.68. The molecule has 0 unspecified atom stereocenters. The normalized spacial score (nSPS) is 10.9. The van der Waals surface area contributed by atoms with Crippen LogP contribution < -0.4 is 4.74 Å².